The van der Waals surface area contributed by atoms with Gasteiger partial charge in [-0.3, -0.25) is 9.59 Å². The van der Waals surface area contributed by atoms with Crippen LogP contribution in [0, 0.1) is 23.2 Å². The number of piperidine rings is 1. The summed E-state index contributed by atoms with van der Waals surface area (Å²) >= 11 is 0. The third-order valence-corrected chi connectivity index (χ3v) is 14.7. The molecule has 3 aromatic carbocycles. The van der Waals surface area contributed by atoms with Crippen molar-refractivity contribution in [2.75, 3.05) is 20.8 Å². The maximum atomic E-state index is 16.7. The third-order valence-electron chi connectivity index (χ3n) is 14.7. The molecule has 14 nitrogen and oxygen atoms in total. The number of carbonyl (C=O) groups is 4. The zero-order valence-corrected chi connectivity index (χ0v) is 37.3. The van der Waals surface area contributed by atoms with Crippen LogP contribution in [-0.2, 0) is 25.0 Å². The Bertz CT molecular complexity index is 2740. The molecule has 16 heteroatoms. The van der Waals surface area contributed by atoms with Gasteiger partial charge >= 0.3 is 12.2 Å². The van der Waals surface area contributed by atoms with E-state index in [0.29, 0.717) is 51.7 Å². The molecule has 10 rings (SSSR count). The van der Waals surface area contributed by atoms with Crippen molar-refractivity contribution in [1.82, 2.24) is 40.4 Å². The van der Waals surface area contributed by atoms with E-state index in [-0.39, 0.29) is 64.2 Å². The van der Waals surface area contributed by atoms with Crippen LogP contribution < -0.4 is 10.6 Å². The van der Waals surface area contributed by atoms with E-state index in [0.717, 1.165) is 49.6 Å². The molecule has 65 heavy (non-hydrogen) atoms. The number of alkyl carbamates (subject to hydrolysis) is 2. The number of benzene rings is 3. The number of carbonyl (C=O) groups excluding carboxylic acids is 4. The molecule has 5 aliphatic rings. The fourth-order valence-electron chi connectivity index (χ4n) is 11.0. The van der Waals surface area contributed by atoms with Gasteiger partial charge in [-0.15, -0.1) is 0 Å². The van der Waals surface area contributed by atoms with E-state index in [1.54, 1.807) is 29.3 Å². The second-order valence-corrected chi connectivity index (χ2v) is 19.4. The Kier molecular flexibility index (Phi) is 10.3. The third kappa shape index (κ3) is 7.19. The number of methoxy groups -OCH3 is 2. The van der Waals surface area contributed by atoms with Gasteiger partial charge in [-0.05, 0) is 108 Å². The van der Waals surface area contributed by atoms with Gasteiger partial charge in [0.2, 0.25) is 11.8 Å². The van der Waals surface area contributed by atoms with Crippen LogP contribution in [0.3, 0.4) is 0 Å². The van der Waals surface area contributed by atoms with Gasteiger partial charge in [0.25, 0.3) is 5.92 Å². The molecule has 4 heterocycles. The van der Waals surface area contributed by atoms with Crippen molar-refractivity contribution in [3.05, 3.63) is 83.6 Å². The molecule has 340 valence electrons. The summed E-state index contributed by atoms with van der Waals surface area (Å²) in [4.78, 5) is 72.6. The zero-order chi connectivity index (χ0) is 45.7. The number of halogens is 2. The molecule has 2 saturated heterocycles. The first-order chi connectivity index (χ1) is 31.1. The number of alkyl halides is 2. The lowest BCUT2D eigenvalue weighted by molar-refractivity contribution is -0.139. The highest BCUT2D eigenvalue weighted by Crippen LogP contribution is 2.59. The summed E-state index contributed by atoms with van der Waals surface area (Å²) in [6, 6.07) is 13.8. The fourth-order valence-corrected chi connectivity index (χ4v) is 11.0. The Labute approximate surface area is 375 Å². The van der Waals surface area contributed by atoms with Crippen molar-refractivity contribution in [2.24, 2.45) is 23.2 Å². The predicted molar refractivity (Wildman–Crippen MR) is 237 cm³/mol. The molecular formula is C49H54F2N8O6. The number of rotatable bonds is 10. The van der Waals surface area contributed by atoms with E-state index in [1.807, 2.05) is 62.9 Å². The van der Waals surface area contributed by atoms with E-state index in [2.05, 4.69) is 20.6 Å². The van der Waals surface area contributed by atoms with Crippen LogP contribution in [0.5, 0.6) is 0 Å². The number of amides is 4. The van der Waals surface area contributed by atoms with E-state index < -0.39 is 30.2 Å². The van der Waals surface area contributed by atoms with Gasteiger partial charge in [0.1, 0.15) is 23.7 Å². The Balaban J connectivity index is 0.896. The van der Waals surface area contributed by atoms with Crippen molar-refractivity contribution in [2.45, 2.75) is 102 Å². The normalized spacial score (nSPS) is 22.9. The van der Waals surface area contributed by atoms with Gasteiger partial charge in [-0.1, -0.05) is 58.0 Å². The Morgan fingerprint density at radius 2 is 1.40 bits per heavy atom. The van der Waals surface area contributed by atoms with E-state index in [1.165, 1.54) is 20.3 Å². The van der Waals surface area contributed by atoms with Crippen LogP contribution in [-0.4, -0.2) is 92.6 Å². The minimum absolute atomic E-state index is 0.0102. The summed E-state index contributed by atoms with van der Waals surface area (Å²) in [6.45, 7) is 8.09. The number of imidazole rings is 2. The maximum Gasteiger partial charge on any atom is 0.407 e. The summed E-state index contributed by atoms with van der Waals surface area (Å²) < 4.78 is 43.0. The molecule has 0 radical (unpaired) electrons. The molecule has 2 bridgehead atoms. The van der Waals surface area contributed by atoms with Crippen molar-refractivity contribution in [1.29, 1.82) is 0 Å². The first-order valence-corrected chi connectivity index (χ1v) is 22.6. The van der Waals surface area contributed by atoms with Gasteiger partial charge in [-0.2, -0.15) is 8.78 Å². The lowest BCUT2D eigenvalue weighted by Gasteiger charge is -2.37. The number of likely N-dealkylation sites (tertiary alicyclic amines) is 2. The zero-order valence-electron chi connectivity index (χ0n) is 37.3. The number of aromatic amines is 2. The molecule has 4 amide bonds. The van der Waals surface area contributed by atoms with Gasteiger partial charge < -0.3 is 39.9 Å². The Hall–Kier alpha value is -6.32. The van der Waals surface area contributed by atoms with E-state index in [4.69, 9.17) is 19.4 Å². The summed E-state index contributed by atoms with van der Waals surface area (Å²) in [5, 5.41) is 5.43. The van der Waals surface area contributed by atoms with Crippen LogP contribution >= 0.6 is 0 Å². The monoisotopic (exact) mass is 888 g/mol. The molecule has 2 aliphatic heterocycles. The average Bonchev–Trinajstić information content (AvgIpc) is 3.95. The average molecular weight is 889 g/mol. The van der Waals surface area contributed by atoms with Gasteiger partial charge in [0, 0.05) is 29.3 Å². The smallest absolute Gasteiger partial charge is 0.407 e. The Morgan fingerprint density at radius 1 is 0.785 bits per heavy atom. The van der Waals surface area contributed by atoms with Crippen LogP contribution in [0.15, 0.2) is 60.8 Å². The summed E-state index contributed by atoms with van der Waals surface area (Å²) in [7, 11) is 2.54. The lowest BCUT2D eigenvalue weighted by atomic mass is 9.95. The van der Waals surface area contributed by atoms with Crippen LogP contribution in [0.4, 0.5) is 18.4 Å². The minimum Gasteiger partial charge on any atom is -0.453 e. The van der Waals surface area contributed by atoms with Gasteiger partial charge in [0.05, 0.1) is 49.2 Å². The SMILES string of the molecule is COC(=O)NC(C(=O)N1CC2(CC2)CC1c1ncc(-c2ccc3c(c2)C(F)(F)c2cc(-c4ccc5nc(C6C7CCC(C7)N6C(=O)C(NC(=O)OC)C(C)C)[nH]c5c4)ccc2-3)[nH]1)C(C)C. The second kappa shape index (κ2) is 15.7. The number of fused-ring (bicyclic) bond motifs is 6. The standard InChI is InChI=1S/C49H54F2N8O6/c1-24(2)39(56-46(62)64-5)44(60)58-23-48(15-16-48)21-38(58)42-52-22-37(55-42)28-9-13-32-31-12-8-26(18-33(31)49(50,51)34(32)19-28)27-10-14-35-36(20-27)54-43(53-35)41-29-7-11-30(17-29)59(41)45(61)40(25(3)4)57-47(63)65-6/h8-10,12-14,18-20,22,24-25,29-30,38-41H,7,11,15-17,21,23H2,1-6H3,(H,52,55)(H,53,54)(H,56,62)(H,57,63). The molecule has 1 spiro atoms. The van der Waals surface area contributed by atoms with Crippen molar-refractivity contribution >= 4 is 35.0 Å². The number of ether oxygens (including phenoxy) is 2. The molecule has 6 atom stereocenters. The summed E-state index contributed by atoms with van der Waals surface area (Å²) in [5.74, 6) is -2.53. The number of hydrogen-bond donors (Lipinski definition) is 4. The van der Waals surface area contributed by atoms with Gasteiger partial charge in [-0.25, -0.2) is 19.6 Å². The summed E-state index contributed by atoms with van der Waals surface area (Å²) in [6.07, 6.45) is 5.75. The van der Waals surface area contributed by atoms with Crippen molar-refractivity contribution < 1.29 is 37.4 Å². The largest absolute Gasteiger partial charge is 0.453 e. The molecular weight excluding hydrogens is 835 g/mol. The topological polar surface area (TPSA) is 175 Å². The van der Waals surface area contributed by atoms with Crippen molar-refractivity contribution in [3.63, 3.8) is 0 Å². The highest BCUT2D eigenvalue weighted by atomic mass is 19.3. The molecule has 2 saturated carbocycles. The van der Waals surface area contributed by atoms with Gasteiger partial charge in [0.15, 0.2) is 0 Å². The molecule has 5 aromatic rings. The number of nitrogens with zero attached hydrogens (tertiary/aromatic N) is 4. The van der Waals surface area contributed by atoms with E-state index >= 15 is 8.78 Å². The Morgan fingerprint density at radius 3 is 2.05 bits per heavy atom. The number of aromatic nitrogens is 4. The number of hydrogen-bond acceptors (Lipinski definition) is 8. The minimum atomic E-state index is -3.29. The second-order valence-electron chi connectivity index (χ2n) is 19.4. The first-order valence-electron chi connectivity index (χ1n) is 22.6. The van der Waals surface area contributed by atoms with Crippen LogP contribution in [0.1, 0.15) is 101 Å². The van der Waals surface area contributed by atoms with Crippen LogP contribution in [0.25, 0.3) is 44.5 Å². The maximum absolute atomic E-state index is 16.7. The first kappa shape index (κ1) is 42.6. The molecule has 4 fully saturated rings. The fraction of sp³-hybridized carbons (Fsp3) is 0.469. The predicted octanol–water partition coefficient (Wildman–Crippen LogP) is 8.61. The lowest BCUT2D eigenvalue weighted by Crippen LogP contribution is -2.54. The highest BCUT2D eigenvalue weighted by Gasteiger charge is 2.56. The molecule has 6 unspecified atom stereocenters. The van der Waals surface area contributed by atoms with E-state index in [9.17, 15) is 19.2 Å². The molecule has 3 aliphatic carbocycles. The number of H-pyrrole nitrogens is 2. The molecule has 2 aromatic heterocycles. The number of nitrogens with one attached hydrogen (secondary N) is 4. The quantitative estimate of drug-likeness (QED) is 0.108. The highest BCUT2D eigenvalue weighted by molar-refractivity contribution is 5.89. The molecule has 4 N–H and O–H groups in total. The summed E-state index contributed by atoms with van der Waals surface area (Å²) in [5.41, 5.74) is 4.68. The van der Waals surface area contributed by atoms with Crippen LogP contribution in [0.2, 0.25) is 0 Å². The van der Waals surface area contributed by atoms with Crippen molar-refractivity contribution in [3.8, 4) is 33.5 Å².